The second-order valence-electron chi connectivity index (χ2n) is 7.16. The molecule has 2 aliphatic rings. The molecule has 0 unspecified atom stereocenters. The summed E-state index contributed by atoms with van der Waals surface area (Å²) < 4.78 is 0.881. The van der Waals surface area contributed by atoms with Gasteiger partial charge in [0.05, 0.1) is 6.04 Å². The van der Waals surface area contributed by atoms with Crippen LogP contribution < -0.4 is 5.32 Å². The van der Waals surface area contributed by atoms with Crippen LogP contribution in [0.15, 0.2) is 64.6 Å². The standard InChI is InChI=1S/C23H18BrNO2/c24-14-9-11-19(26)17(12-14)23-22-16(6-3-7-20(22)27)21-15-5-2-1-4-13(15)8-10-18(21)25-23/h1-2,4-5,8-12,23,25-26H,3,6-7H2/t23-/m0/s1. The predicted octanol–water partition coefficient (Wildman–Crippen LogP) is 5.98. The van der Waals surface area contributed by atoms with Crippen LogP contribution in [0.1, 0.15) is 36.4 Å². The summed E-state index contributed by atoms with van der Waals surface area (Å²) >= 11 is 3.49. The first kappa shape index (κ1) is 16.6. The van der Waals surface area contributed by atoms with Crippen LogP contribution in [0.5, 0.6) is 5.75 Å². The Balaban J connectivity index is 1.81. The average molecular weight is 420 g/mol. The van der Waals surface area contributed by atoms with Crippen LogP contribution >= 0.6 is 15.9 Å². The van der Waals surface area contributed by atoms with Crippen LogP contribution in [0.3, 0.4) is 0 Å². The van der Waals surface area contributed by atoms with E-state index in [2.05, 4.69) is 45.5 Å². The lowest BCUT2D eigenvalue weighted by atomic mass is 9.76. The number of hydrogen-bond donors (Lipinski definition) is 2. The number of phenols is 1. The van der Waals surface area contributed by atoms with Gasteiger partial charge in [-0.25, -0.2) is 0 Å². The molecule has 134 valence electrons. The van der Waals surface area contributed by atoms with Crippen molar-refractivity contribution in [1.82, 2.24) is 0 Å². The van der Waals surface area contributed by atoms with Gasteiger partial charge in [0.15, 0.2) is 5.78 Å². The molecule has 1 atom stereocenters. The lowest BCUT2D eigenvalue weighted by molar-refractivity contribution is -0.116. The largest absolute Gasteiger partial charge is 0.508 e. The molecule has 0 spiro atoms. The van der Waals surface area contributed by atoms with Crippen LogP contribution in [0.25, 0.3) is 16.3 Å². The number of halogens is 1. The maximum Gasteiger partial charge on any atom is 0.161 e. The zero-order chi connectivity index (χ0) is 18.5. The number of nitrogens with one attached hydrogen (secondary N) is 1. The third-order valence-corrected chi connectivity index (χ3v) is 6.07. The Morgan fingerprint density at radius 1 is 1.04 bits per heavy atom. The van der Waals surface area contributed by atoms with E-state index < -0.39 is 0 Å². The Kier molecular flexibility index (Phi) is 3.83. The van der Waals surface area contributed by atoms with E-state index in [1.807, 2.05) is 18.2 Å². The molecule has 0 bridgehead atoms. The van der Waals surface area contributed by atoms with E-state index in [9.17, 15) is 9.90 Å². The normalized spacial score (nSPS) is 18.9. The molecule has 1 aliphatic heterocycles. The van der Waals surface area contributed by atoms with Gasteiger partial charge in [-0.3, -0.25) is 4.79 Å². The van der Waals surface area contributed by atoms with Gasteiger partial charge in [-0.15, -0.1) is 0 Å². The van der Waals surface area contributed by atoms with Gasteiger partial charge in [-0.1, -0.05) is 46.3 Å². The van der Waals surface area contributed by atoms with Gasteiger partial charge in [0.2, 0.25) is 0 Å². The van der Waals surface area contributed by atoms with E-state index in [0.717, 1.165) is 45.3 Å². The molecule has 3 nitrogen and oxygen atoms in total. The highest BCUT2D eigenvalue weighted by Crippen LogP contribution is 2.49. The van der Waals surface area contributed by atoms with Crippen LogP contribution in [0.4, 0.5) is 5.69 Å². The van der Waals surface area contributed by atoms with E-state index in [1.54, 1.807) is 12.1 Å². The quantitative estimate of drug-likeness (QED) is 0.509. The fraction of sp³-hybridized carbons (Fsp3) is 0.174. The second-order valence-corrected chi connectivity index (χ2v) is 8.07. The first-order valence-electron chi connectivity index (χ1n) is 9.17. The topological polar surface area (TPSA) is 49.3 Å². The Bertz CT molecular complexity index is 1130. The minimum absolute atomic E-state index is 0.173. The Labute approximate surface area is 165 Å². The first-order valence-corrected chi connectivity index (χ1v) is 9.96. The molecule has 0 amide bonds. The van der Waals surface area contributed by atoms with Crippen molar-refractivity contribution in [2.24, 2.45) is 0 Å². The first-order chi connectivity index (χ1) is 13.1. The minimum atomic E-state index is -0.334. The van der Waals surface area contributed by atoms with Crippen molar-refractivity contribution in [1.29, 1.82) is 0 Å². The summed E-state index contributed by atoms with van der Waals surface area (Å²) in [5.74, 6) is 0.372. The number of benzene rings is 3. The maximum atomic E-state index is 13.0. The zero-order valence-corrected chi connectivity index (χ0v) is 16.2. The van der Waals surface area contributed by atoms with Crippen molar-refractivity contribution < 1.29 is 9.90 Å². The van der Waals surface area contributed by atoms with Gasteiger partial charge < -0.3 is 10.4 Å². The van der Waals surface area contributed by atoms with Crippen molar-refractivity contribution in [3.8, 4) is 5.75 Å². The fourth-order valence-corrected chi connectivity index (χ4v) is 4.77. The van der Waals surface area contributed by atoms with Crippen LogP contribution in [0, 0.1) is 0 Å². The van der Waals surface area contributed by atoms with Gasteiger partial charge in [0.25, 0.3) is 0 Å². The molecule has 3 aromatic rings. The number of allylic oxidation sites excluding steroid dienone is 1. The molecule has 4 heteroatoms. The molecular formula is C23H18BrNO2. The molecule has 0 saturated carbocycles. The predicted molar refractivity (Wildman–Crippen MR) is 112 cm³/mol. The number of phenolic OH excluding ortho intramolecular Hbond substituents is 1. The second kappa shape index (κ2) is 6.24. The van der Waals surface area contributed by atoms with E-state index in [4.69, 9.17) is 0 Å². The number of fused-ring (bicyclic) bond motifs is 4. The molecule has 0 radical (unpaired) electrons. The zero-order valence-electron chi connectivity index (χ0n) is 14.6. The summed E-state index contributed by atoms with van der Waals surface area (Å²) in [6.07, 6.45) is 2.32. The number of carbonyl (C=O) groups is 1. The maximum absolute atomic E-state index is 13.0. The Hall–Kier alpha value is -2.59. The number of ketones is 1. The van der Waals surface area contributed by atoms with E-state index in [0.29, 0.717) is 6.42 Å². The summed E-state index contributed by atoms with van der Waals surface area (Å²) in [4.78, 5) is 13.0. The van der Waals surface area contributed by atoms with E-state index in [1.165, 1.54) is 10.8 Å². The molecule has 1 heterocycles. The van der Waals surface area contributed by atoms with Gasteiger partial charge in [0, 0.05) is 33.3 Å². The number of Topliss-reactive ketones (excluding diaryl/α,β-unsaturated/α-hetero) is 1. The van der Waals surface area contributed by atoms with Gasteiger partial charge in [-0.2, -0.15) is 0 Å². The molecule has 0 saturated heterocycles. The fourth-order valence-electron chi connectivity index (χ4n) is 4.39. The number of aromatic hydroxyl groups is 1. The van der Waals surface area contributed by atoms with Crippen molar-refractivity contribution in [3.05, 3.63) is 75.8 Å². The number of rotatable bonds is 1. The van der Waals surface area contributed by atoms with Gasteiger partial charge in [0.1, 0.15) is 5.75 Å². The molecule has 1 aliphatic carbocycles. The molecular weight excluding hydrogens is 402 g/mol. The Morgan fingerprint density at radius 3 is 2.78 bits per heavy atom. The van der Waals surface area contributed by atoms with Crippen molar-refractivity contribution >= 4 is 43.7 Å². The summed E-state index contributed by atoms with van der Waals surface area (Å²) in [7, 11) is 0. The van der Waals surface area contributed by atoms with Gasteiger partial charge >= 0.3 is 0 Å². The van der Waals surface area contributed by atoms with E-state index >= 15 is 0 Å². The monoisotopic (exact) mass is 419 g/mol. The highest BCUT2D eigenvalue weighted by Gasteiger charge is 2.35. The summed E-state index contributed by atoms with van der Waals surface area (Å²) in [6.45, 7) is 0. The van der Waals surface area contributed by atoms with Crippen molar-refractivity contribution in [2.75, 3.05) is 5.32 Å². The molecule has 0 aromatic heterocycles. The summed E-state index contributed by atoms with van der Waals surface area (Å²) in [5.41, 5.74) is 4.82. The van der Waals surface area contributed by atoms with Crippen molar-refractivity contribution in [2.45, 2.75) is 25.3 Å². The van der Waals surface area contributed by atoms with Crippen molar-refractivity contribution in [3.63, 3.8) is 0 Å². The third-order valence-electron chi connectivity index (χ3n) is 5.58. The minimum Gasteiger partial charge on any atom is -0.508 e. The number of anilines is 1. The Morgan fingerprint density at radius 2 is 1.89 bits per heavy atom. The molecule has 3 aromatic carbocycles. The van der Waals surface area contributed by atoms with Gasteiger partial charge in [-0.05, 0) is 53.5 Å². The summed E-state index contributed by atoms with van der Waals surface area (Å²) in [5, 5.41) is 16.4. The van der Waals surface area contributed by atoms with Crippen LogP contribution in [-0.4, -0.2) is 10.9 Å². The van der Waals surface area contributed by atoms with Crippen LogP contribution in [0.2, 0.25) is 0 Å². The molecule has 0 fully saturated rings. The molecule has 2 N–H and O–H groups in total. The third kappa shape index (κ3) is 2.59. The lowest BCUT2D eigenvalue weighted by Crippen LogP contribution is -2.27. The average Bonchev–Trinajstić information content (AvgIpc) is 2.69. The number of hydrogen-bond acceptors (Lipinski definition) is 3. The smallest absolute Gasteiger partial charge is 0.161 e. The lowest BCUT2D eigenvalue weighted by Gasteiger charge is -2.35. The van der Waals surface area contributed by atoms with Crippen LogP contribution in [-0.2, 0) is 4.79 Å². The molecule has 5 rings (SSSR count). The highest BCUT2D eigenvalue weighted by atomic mass is 79.9. The highest BCUT2D eigenvalue weighted by molar-refractivity contribution is 9.10. The SMILES string of the molecule is O=C1CCCC2=C1[C@H](c1cc(Br)ccc1O)Nc1ccc3ccccc3c12. The summed E-state index contributed by atoms with van der Waals surface area (Å²) in [6, 6.07) is 17.5. The molecule has 27 heavy (non-hydrogen) atoms. The number of carbonyl (C=O) groups excluding carboxylic acids is 1. The van der Waals surface area contributed by atoms with E-state index in [-0.39, 0.29) is 17.6 Å².